The first-order valence-corrected chi connectivity index (χ1v) is 3.47. The van der Waals surface area contributed by atoms with E-state index in [0.29, 0.717) is 6.04 Å². The second-order valence-corrected chi connectivity index (χ2v) is 2.46. The standard InChI is InChI=1S/C8H13NO/c1-6-4-5-8(10-6)7(2)9-3/h4-5,7,9H,1-3H3. The Morgan fingerprint density at radius 2 is 2.20 bits per heavy atom. The Hall–Kier alpha value is -0.760. The Morgan fingerprint density at radius 1 is 1.50 bits per heavy atom. The van der Waals surface area contributed by atoms with Gasteiger partial charge in [0.05, 0.1) is 6.04 Å². The zero-order chi connectivity index (χ0) is 7.56. The van der Waals surface area contributed by atoms with Crippen LogP contribution in [0.5, 0.6) is 0 Å². The van der Waals surface area contributed by atoms with Crippen LogP contribution in [0.4, 0.5) is 0 Å². The zero-order valence-electron chi connectivity index (χ0n) is 6.64. The number of aryl methyl sites for hydroxylation is 1. The molecule has 1 unspecified atom stereocenters. The van der Waals surface area contributed by atoms with Crippen LogP contribution in [0.1, 0.15) is 24.5 Å². The third-order valence-electron chi connectivity index (χ3n) is 1.62. The SMILES string of the molecule is CNC(C)c1ccc(C)o1. The van der Waals surface area contributed by atoms with Crippen molar-refractivity contribution >= 4 is 0 Å². The van der Waals surface area contributed by atoms with E-state index in [9.17, 15) is 0 Å². The average Bonchev–Trinajstić information content (AvgIpc) is 2.34. The first-order chi connectivity index (χ1) is 4.74. The summed E-state index contributed by atoms with van der Waals surface area (Å²) < 4.78 is 5.37. The third kappa shape index (κ3) is 1.39. The maximum absolute atomic E-state index is 5.37. The minimum atomic E-state index is 0.314. The van der Waals surface area contributed by atoms with Gasteiger partial charge in [0.25, 0.3) is 0 Å². The average molecular weight is 139 g/mol. The second-order valence-electron chi connectivity index (χ2n) is 2.46. The molecule has 1 aromatic heterocycles. The Labute approximate surface area is 61.2 Å². The summed E-state index contributed by atoms with van der Waals surface area (Å²) in [6.07, 6.45) is 0. The van der Waals surface area contributed by atoms with E-state index in [2.05, 4.69) is 12.2 Å². The van der Waals surface area contributed by atoms with E-state index in [-0.39, 0.29) is 0 Å². The smallest absolute Gasteiger partial charge is 0.120 e. The van der Waals surface area contributed by atoms with E-state index in [1.165, 1.54) is 0 Å². The molecule has 2 heteroatoms. The number of rotatable bonds is 2. The summed E-state index contributed by atoms with van der Waals surface area (Å²) in [5.41, 5.74) is 0. The Bertz CT molecular complexity index is 205. The molecule has 1 heterocycles. The predicted octanol–water partition coefficient (Wildman–Crippen LogP) is 1.87. The summed E-state index contributed by atoms with van der Waals surface area (Å²) in [5, 5.41) is 3.10. The first kappa shape index (κ1) is 7.35. The highest BCUT2D eigenvalue weighted by Gasteiger charge is 2.04. The molecule has 0 aromatic carbocycles. The Morgan fingerprint density at radius 3 is 2.60 bits per heavy atom. The summed E-state index contributed by atoms with van der Waals surface area (Å²) in [7, 11) is 1.92. The summed E-state index contributed by atoms with van der Waals surface area (Å²) in [4.78, 5) is 0. The maximum atomic E-state index is 5.37. The highest BCUT2D eigenvalue weighted by Crippen LogP contribution is 2.14. The van der Waals surface area contributed by atoms with Crippen molar-refractivity contribution in [2.75, 3.05) is 7.05 Å². The lowest BCUT2D eigenvalue weighted by atomic mass is 10.3. The number of nitrogens with one attached hydrogen (secondary N) is 1. The van der Waals surface area contributed by atoms with Gasteiger partial charge in [-0.1, -0.05) is 0 Å². The van der Waals surface area contributed by atoms with Crippen molar-refractivity contribution in [3.63, 3.8) is 0 Å². The van der Waals surface area contributed by atoms with Crippen molar-refractivity contribution < 1.29 is 4.42 Å². The van der Waals surface area contributed by atoms with E-state index >= 15 is 0 Å². The molecule has 0 saturated heterocycles. The van der Waals surface area contributed by atoms with Crippen LogP contribution < -0.4 is 5.32 Å². The van der Waals surface area contributed by atoms with Crippen LogP contribution in [0, 0.1) is 6.92 Å². The molecule has 0 amide bonds. The fourth-order valence-corrected chi connectivity index (χ4v) is 0.828. The molecule has 0 aliphatic heterocycles. The molecule has 56 valence electrons. The highest BCUT2D eigenvalue weighted by molar-refractivity contribution is 5.08. The summed E-state index contributed by atoms with van der Waals surface area (Å²) >= 11 is 0. The van der Waals surface area contributed by atoms with Crippen LogP contribution in [0.15, 0.2) is 16.5 Å². The van der Waals surface area contributed by atoms with E-state index < -0.39 is 0 Å². The molecule has 1 N–H and O–H groups in total. The molecule has 1 aromatic rings. The van der Waals surface area contributed by atoms with Crippen LogP contribution in [0.3, 0.4) is 0 Å². The molecule has 0 aliphatic rings. The molecule has 1 rings (SSSR count). The minimum Gasteiger partial charge on any atom is -0.465 e. The largest absolute Gasteiger partial charge is 0.465 e. The van der Waals surface area contributed by atoms with Gasteiger partial charge < -0.3 is 9.73 Å². The molecule has 1 atom stereocenters. The molecule has 0 spiro atoms. The summed E-state index contributed by atoms with van der Waals surface area (Å²) in [6, 6.07) is 4.29. The van der Waals surface area contributed by atoms with Crippen LogP contribution in [-0.2, 0) is 0 Å². The Kier molecular flexibility index (Phi) is 2.12. The lowest BCUT2D eigenvalue weighted by Crippen LogP contribution is -2.10. The van der Waals surface area contributed by atoms with Gasteiger partial charge in [0.15, 0.2) is 0 Å². The monoisotopic (exact) mass is 139 g/mol. The van der Waals surface area contributed by atoms with Gasteiger partial charge in [-0.3, -0.25) is 0 Å². The molecule has 0 saturated carbocycles. The fourth-order valence-electron chi connectivity index (χ4n) is 0.828. The van der Waals surface area contributed by atoms with Gasteiger partial charge in [-0.2, -0.15) is 0 Å². The predicted molar refractivity (Wildman–Crippen MR) is 40.9 cm³/mol. The molecular formula is C8H13NO. The van der Waals surface area contributed by atoms with Crippen LogP contribution in [-0.4, -0.2) is 7.05 Å². The normalized spacial score (nSPS) is 13.5. The van der Waals surface area contributed by atoms with Gasteiger partial charge in [0.2, 0.25) is 0 Å². The van der Waals surface area contributed by atoms with Gasteiger partial charge in [-0.05, 0) is 33.0 Å². The second kappa shape index (κ2) is 2.88. The lowest BCUT2D eigenvalue weighted by molar-refractivity contribution is 0.432. The molecular weight excluding hydrogens is 126 g/mol. The molecule has 0 bridgehead atoms. The topological polar surface area (TPSA) is 25.2 Å². The molecule has 0 radical (unpaired) electrons. The van der Waals surface area contributed by atoms with Crippen molar-refractivity contribution in [1.82, 2.24) is 5.32 Å². The van der Waals surface area contributed by atoms with E-state index in [1.807, 2.05) is 26.1 Å². The number of hydrogen-bond acceptors (Lipinski definition) is 2. The molecule has 0 aliphatic carbocycles. The van der Waals surface area contributed by atoms with Crippen molar-refractivity contribution in [2.45, 2.75) is 19.9 Å². The van der Waals surface area contributed by atoms with Gasteiger partial charge in [0.1, 0.15) is 11.5 Å². The Balaban J connectivity index is 2.74. The number of furan rings is 1. The zero-order valence-corrected chi connectivity index (χ0v) is 6.64. The first-order valence-electron chi connectivity index (χ1n) is 3.47. The van der Waals surface area contributed by atoms with Gasteiger partial charge in [-0.25, -0.2) is 0 Å². The van der Waals surface area contributed by atoms with Crippen molar-refractivity contribution in [1.29, 1.82) is 0 Å². The van der Waals surface area contributed by atoms with Gasteiger partial charge >= 0.3 is 0 Å². The van der Waals surface area contributed by atoms with Crippen LogP contribution in [0.2, 0.25) is 0 Å². The maximum Gasteiger partial charge on any atom is 0.120 e. The van der Waals surface area contributed by atoms with Gasteiger partial charge in [-0.15, -0.1) is 0 Å². The fraction of sp³-hybridized carbons (Fsp3) is 0.500. The highest BCUT2D eigenvalue weighted by atomic mass is 16.3. The lowest BCUT2D eigenvalue weighted by Gasteiger charge is -2.04. The molecule has 2 nitrogen and oxygen atoms in total. The van der Waals surface area contributed by atoms with Crippen molar-refractivity contribution in [2.24, 2.45) is 0 Å². The summed E-state index contributed by atoms with van der Waals surface area (Å²) in [6.45, 7) is 4.02. The molecule has 0 fully saturated rings. The van der Waals surface area contributed by atoms with E-state index in [1.54, 1.807) is 0 Å². The third-order valence-corrected chi connectivity index (χ3v) is 1.62. The minimum absolute atomic E-state index is 0.314. The van der Waals surface area contributed by atoms with E-state index in [0.717, 1.165) is 11.5 Å². The summed E-state index contributed by atoms with van der Waals surface area (Å²) in [5.74, 6) is 1.97. The molecule has 10 heavy (non-hydrogen) atoms. The quantitative estimate of drug-likeness (QED) is 0.676. The van der Waals surface area contributed by atoms with E-state index in [4.69, 9.17) is 4.42 Å². The van der Waals surface area contributed by atoms with Crippen LogP contribution >= 0.6 is 0 Å². The van der Waals surface area contributed by atoms with Gasteiger partial charge in [0, 0.05) is 0 Å². The van der Waals surface area contributed by atoms with Crippen LogP contribution in [0.25, 0.3) is 0 Å². The van der Waals surface area contributed by atoms with Crippen molar-refractivity contribution in [3.8, 4) is 0 Å². The van der Waals surface area contributed by atoms with Crippen molar-refractivity contribution in [3.05, 3.63) is 23.7 Å². The number of hydrogen-bond donors (Lipinski definition) is 1.